The number of nitrogens with one attached hydrogen (secondary N) is 1. The molecule has 0 spiro atoms. The Morgan fingerprint density at radius 2 is 1.84 bits per heavy atom. The van der Waals surface area contributed by atoms with E-state index in [0.717, 1.165) is 35.4 Å². The fourth-order valence-corrected chi connectivity index (χ4v) is 3.65. The van der Waals surface area contributed by atoms with Crippen molar-refractivity contribution in [1.29, 1.82) is 0 Å². The zero-order chi connectivity index (χ0) is 22.5. The summed E-state index contributed by atoms with van der Waals surface area (Å²) in [6.45, 7) is 6.88. The monoisotopic (exact) mass is 432 g/mol. The minimum Gasteiger partial charge on any atom is -0.489 e. The average molecular weight is 433 g/mol. The summed E-state index contributed by atoms with van der Waals surface area (Å²) in [4.78, 5) is 17.2. The number of rotatable bonds is 8. The normalized spacial score (nSPS) is 15.2. The van der Waals surface area contributed by atoms with Gasteiger partial charge in [-0.05, 0) is 43.5 Å². The number of anilines is 1. The third kappa shape index (κ3) is 4.66. The predicted molar refractivity (Wildman–Crippen MR) is 122 cm³/mol. The van der Waals surface area contributed by atoms with Crippen LogP contribution in [-0.2, 0) is 16.1 Å². The summed E-state index contributed by atoms with van der Waals surface area (Å²) < 4.78 is 13.2. The average Bonchev–Trinajstić information content (AvgIpc) is 3.26. The van der Waals surface area contributed by atoms with E-state index in [-0.39, 0.29) is 5.97 Å². The number of aromatic nitrogens is 3. The highest BCUT2D eigenvalue weighted by Gasteiger charge is 2.34. The minimum atomic E-state index is -0.422. The van der Waals surface area contributed by atoms with Gasteiger partial charge in [-0.3, -0.25) is 0 Å². The van der Waals surface area contributed by atoms with Gasteiger partial charge in [0.2, 0.25) is 5.95 Å². The number of hydrogen-bond donors (Lipinski definition) is 1. The lowest BCUT2D eigenvalue weighted by molar-refractivity contribution is -0.139. The lowest BCUT2D eigenvalue weighted by atomic mass is 9.96. The Labute approximate surface area is 188 Å². The molecule has 0 radical (unpaired) electrons. The predicted octanol–water partition coefficient (Wildman–Crippen LogP) is 4.80. The van der Waals surface area contributed by atoms with Gasteiger partial charge in [-0.15, -0.1) is 0 Å². The number of fused-ring (bicyclic) bond motifs is 1. The molecule has 0 saturated heterocycles. The lowest BCUT2D eigenvalue weighted by Crippen LogP contribution is -2.29. The molecule has 1 unspecified atom stereocenters. The highest BCUT2D eigenvalue weighted by Crippen LogP contribution is 2.35. The van der Waals surface area contributed by atoms with Gasteiger partial charge in [0.05, 0.1) is 12.2 Å². The molecule has 0 aliphatic carbocycles. The van der Waals surface area contributed by atoms with Crippen molar-refractivity contribution in [2.75, 3.05) is 11.9 Å². The Kier molecular flexibility index (Phi) is 6.54. The highest BCUT2D eigenvalue weighted by molar-refractivity contribution is 5.92. The van der Waals surface area contributed by atoms with Crippen LogP contribution in [0, 0.1) is 6.92 Å². The summed E-state index contributed by atoms with van der Waals surface area (Å²) in [6, 6.07) is 15.6. The molecule has 1 aliphatic heterocycles. The summed E-state index contributed by atoms with van der Waals surface area (Å²) in [6.07, 6.45) is 3.27. The molecule has 2 heterocycles. The molecule has 32 heavy (non-hydrogen) atoms. The standard InChI is InChI=1S/C25H28N4O3/c1-4-5-14-31-24(30)22-18(3)28-25-26-16-27-29(25)23(22)20-10-12-21(13-11-20)32-15-19-8-6-17(2)7-9-19/h6-13,16,23H,4-5,14-15H2,1-3H3,(H,26,27,28). The SMILES string of the molecule is CCCCOC(=O)C1=C(C)Nc2ncnn2C1c1ccc(OCc2ccc(C)cc2)cc1. The number of allylic oxidation sites excluding steroid dienone is 1. The topological polar surface area (TPSA) is 78.3 Å². The smallest absolute Gasteiger partial charge is 0.338 e. The first-order valence-corrected chi connectivity index (χ1v) is 10.9. The molecule has 3 aromatic rings. The van der Waals surface area contributed by atoms with E-state index in [1.807, 2.05) is 31.2 Å². The van der Waals surface area contributed by atoms with Gasteiger partial charge < -0.3 is 14.8 Å². The van der Waals surface area contributed by atoms with Crippen LogP contribution in [0.5, 0.6) is 5.75 Å². The molecule has 0 saturated carbocycles. The van der Waals surface area contributed by atoms with Crippen LogP contribution in [0.3, 0.4) is 0 Å². The van der Waals surface area contributed by atoms with E-state index < -0.39 is 6.04 Å². The van der Waals surface area contributed by atoms with Crippen molar-refractivity contribution in [2.45, 2.75) is 46.3 Å². The summed E-state index contributed by atoms with van der Waals surface area (Å²) in [5, 5.41) is 7.51. The number of aryl methyl sites for hydroxylation is 1. The van der Waals surface area contributed by atoms with Crippen LogP contribution >= 0.6 is 0 Å². The lowest BCUT2D eigenvalue weighted by Gasteiger charge is -2.28. The van der Waals surface area contributed by atoms with Gasteiger partial charge in [0.15, 0.2) is 0 Å². The van der Waals surface area contributed by atoms with Crippen LogP contribution < -0.4 is 10.1 Å². The Hall–Kier alpha value is -3.61. The molecule has 2 aromatic carbocycles. The Balaban J connectivity index is 1.55. The number of carbonyl (C=O) groups is 1. The van der Waals surface area contributed by atoms with E-state index in [0.29, 0.717) is 24.7 Å². The molecule has 0 fully saturated rings. The number of esters is 1. The molecule has 0 bridgehead atoms. The maximum atomic E-state index is 12.9. The maximum Gasteiger partial charge on any atom is 0.338 e. The number of nitrogens with zero attached hydrogens (tertiary/aromatic N) is 3. The fraction of sp³-hybridized carbons (Fsp3) is 0.320. The van der Waals surface area contributed by atoms with Crippen molar-refractivity contribution in [3.05, 3.63) is 82.8 Å². The van der Waals surface area contributed by atoms with Crippen LogP contribution in [-0.4, -0.2) is 27.3 Å². The van der Waals surface area contributed by atoms with Gasteiger partial charge in [0.1, 0.15) is 24.7 Å². The van der Waals surface area contributed by atoms with Crippen molar-refractivity contribution in [3.63, 3.8) is 0 Å². The van der Waals surface area contributed by atoms with E-state index in [9.17, 15) is 4.79 Å². The molecule has 0 amide bonds. The van der Waals surface area contributed by atoms with E-state index in [1.54, 1.807) is 4.68 Å². The molecule has 1 aromatic heterocycles. The minimum absolute atomic E-state index is 0.339. The summed E-state index contributed by atoms with van der Waals surface area (Å²) in [5.74, 6) is 1.02. The van der Waals surface area contributed by atoms with Gasteiger partial charge >= 0.3 is 5.97 Å². The van der Waals surface area contributed by atoms with Crippen molar-refractivity contribution >= 4 is 11.9 Å². The van der Waals surface area contributed by atoms with Crippen molar-refractivity contribution in [3.8, 4) is 5.75 Å². The zero-order valence-electron chi connectivity index (χ0n) is 18.7. The Morgan fingerprint density at radius 1 is 1.09 bits per heavy atom. The van der Waals surface area contributed by atoms with Crippen molar-refractivity contribution in [1.82, 2.24) is 14.8 Å². The van der Waals surface area contributed by atoms with Crippen molar-refractivity contribution < 1.29 is 14.3 Å². The second kappa shape index (κ2) is 9.68. The number of hydrogen-bond acceptors (Lipinski definition) is 6. The molecule has 7 nitrogen and oxygen atoms in total. The number of carbonyl (C=O) groups excluding carboxylic acids is 1. The first-order valence-electron chi connectivity index (χ1n) is 10.9. The largest absolute Gasteiger partial charge is 0.489 e. The summed E-state index contributed by atoms with van der Waals surface area (Å²) in [7, 11) is 0. The molecule has 166 valence electrons. The van der Waals surface area contributed by atoms with Gasteiger partial charge in [0, 0.05) is 5.70 Å². The second-order valence-corrected chi connectivity index (χ2v) is 7.93. The Morgan fingerprint density at radius 3 is 2.56 bits per heavy atom. The first kappa shape index (κ1) is 21.6. The first-order chi connectivity index (χ1) is 15.6. The van der Waals surface area contributed by atoms with Crippen LogP contribution in [0.15, 0.2) is 66.1 Å². The molecular formula is C25H28N4O3. The maximum absolute atomic E-state index is 12.9. The molecular weight excluding hydrogens is 404 g/mol. The molecule has 1 atom stereocenters. The number of unbranched alkanes of at least 4 members (excludes halogenated alkanes) is 1. The van der Waals surface area contributed by atoms with Gasteiger partial charge in [0.25, 0.3) is 0 Å². The van der Waals surface area contributed by atoms with Gasteiger partial charge in [-0.2, -0.15) is 10.1 Å². The molecule has 7 heteroatoms. The molecule has 1 aliphatic rings. The van der Waals surface area contributed by atoms with E-state index in [2.05, 4.69) is 53.5 Å². The number of benzene rings is 2. The summed E-state index contributed by atoms with van der Waals surface area (Å²) >= 11 is 0. The van der Waals surface area contributed by atoms with Crippen LogP contribution in [0.25, 0.3) is 0 Å². The zero-order valence-corrected chi connectivity index (χ0v) is 18.7. The molecule has 4 rings (SSSR count). The summed E-state index contributed by atoms with van der Waals surface area (Å²) in [5.41, 5.74) is 4.49. The Bertz CT molecular complexity index is 1100. The van der Waals surface area contributed by atoms with Crippen LogP contribution in [0.1, 0.15) is 49.4 Å². The van der Waals surface area contributed by atoms with Crippen LogP contribution in [0.4, 0.5) is 5.95 Å². The molecule has 1 N–H and O–H groups in total. The van der Waals surface area contributed by atoms with Gasteiger partial charge in [-0.25, -0.2) is 9.48 Å². The van der Waals surface area contributed by atoms with E-state index in [4.69, 9.17) is 9.47 Å². The fourth-order valence-electron chi connectivity index (χ4n) is 3.65. The van der Waals surface area contributed by atoms with Crippen molar-refractivity contribution in [2.24, 2.45) is 0 Å². The van der Waals surface area contributed by atoms with Gasteiger partial charge in [-0.1, -0.05) is 55.3 Å². The third-order valence-corrected chi connectivity index (χ3v) is 5.47. The second-order valence-electron chi connectivity index (χ2n) is 7.93. The number of ether oxygens (including phenoxy) is 2. The highest BCUT2D eigenvalue weighted by atomic mass is 16.5. The van der Waals surface area contributed by atoms with Crippen LogP contribution in [0.2, 0.25) is 0 Å². The third-order valence-electron chi connectivity index (χ3n) is 5.47. The quantitative estimate of drug-likeness (QED) is 0.407. The van der Waals surface area contributed by atoms with E-state index >= 15 is 0 Å². The van der Waals surface area contributed by atoms with E-state index in [1.165, 1.54) is 11.9 Å².